The molecule has 7 heteroatoms. The quantitative estimate of drug-likeness (QED) is 0.811. The van der Waals surface area contributed by atoms with E-state index >= 15 is 0 Å². The molecule has 2 rings (SSSR count). The highest BCUT2D eigenvalue weighted by Crippen LogP contribution is 2.17. The number of benzene rings is 2. The Morgan fingerprint density at radius 3 is 2.43 bits per heavy atom. The normalized spacial score (nSPS) is 11.1. The maximum Gasteiger partial charge on any atom is 0.239 e. The van der Waals surface area contributed by atoms with Crippen LogP contribution in [0.5, 0.6) is 0 Å². The van der Waals surface area contributed by atoms with E-state index < -0.39 is 21.5 Å². The van der Waals surface area contributed by atoms with Crippen LogP contribution in [0.4, 0.5) is 11.4 Å². The van der Waals surface area contributed by atoms with Crippen LogP contribution in [0.15, 0.2) is 57.9 Å². The van der Waals surface area contributed by atoms with Crippen molar-refractivity contribution in [2.24, 2.45) is 0 Å². The van der Waals surface area contributed by atoms with E-state index in [2.05, 4.69) is 21.2 Å². The molecule has 0 aliphatic carbocycles. The van der Waals surface area contributed by atoms with Gasteiger partial charge in [0, 0.05) is 15.8 Å². The highest BCUT2D eigenvalue weighted by Gasteiger charge is 2.19. The van der Waals surface area contributed by atoms with Gasteiger partial charge in [0.1, 0.15) is 5.75 Å². The van der Waals surface area contributed by atoms with Crippen LogP contribution in [0.1, 0.15) is 0 Å². The van der Waals surface area contributed by atoms with Crippen molar-refractivity contribution in [3.63, 3.8) is 0 Å². The molecule has 5 nitrogen and oxygen atoms in total. The number of carbonyl (C=O) groups is 1. The lowest BCUT2D eigenvalue weighted by molar-refractivity contribution is -0.113. The summed E-state index contributed by atoms with van der Waals surface area (Å²) in [6.07, 6.45) is 0. The summed E-state index contributed by atoms with van der Waals surface area (Å²) in [5.41, 5.74) is 6.50. The van der Waals surface area contributed by atoms with Crippen molar-refractivity contribution in [2.45, 2.75) is 4.90 Å². The molecule has 110 valence electrons. The minimum absolute atomic E-state index is 0.0705. The average molecular weight is 369 g/mol. The molecule has 0 unspecified atom stereocenters. The van der Waals surface area contributed by atoms with Crippen LogP contribution in [-0.2, 0) is 14.6 Å². The number of nitrogens with one attached hydrogen (secondary N) is 1. The lowest BCUT2D eigenvalue weighted by atomic mass is 10.3. The van der Waals surface area contributed by atoms with Crippen molar-refractivity contribution in [3.05, 3.63) is 53.0 Å². The zero-order valence-corrected chi connectivity index (χ0v) is 13.3. The summed E-state index contributed by atoms with van der Waals surface area (Å²) >= 11 is 3.28. The highest BCUT2D eigenvalue weighted by molar-refractivity contribution is 9.10. The second-order valence-corrected chi connectivity index (χ2v) is 7.29. The zero-order valence-electron chi connectivity index (χ0n) is 10.9. The Balaban J connectivity index is 2.09. The van der Waals surface area contributed by atoms with Crippen molar-refractivity contribution in [3.8, 4) is 0 Å². The Hall–Kier alpha value is -1.86. The van der Waals surface area contributed by atoms with Crippen LogP contribution in [-0.4, -0.2) is 20.1 Å². The van der Waals surface area contributed by atoms with Gasteiger partial charge in [-0.3, -0.25) is 4.79 Å². The zero-order chi connectivity index (χ0) is 15.5. The van der Waals surface area contributed by atoms with Gasteiger partial charge in [-0.05, 0) is 42.5 Å². The second-order valence-electron chi connectivity index (χ2n) is 4.39. The molecule has 0 fully saturated rings. The van der Waals surface area contributed by atoms with Crippen molar-refractivity contribution in [2.75, 3.05) is 16.8 Å². The number of hydrogen-bond acceptors (Lipinski definition) is 4. The number of nitrogens with two attached hydrogens (primary N) is 1. The van der Waals surface area contributed by atoms with Crippen molar-refractivity contribution < 1.29 is 13.2 Å². The van der Waals surface area contributed by atoms with Gasteiger partial charge in [-0.15, -0.1) is 0 Å². The first kappa shape index (κ1) is 15.5. The third kappa shape index (κ3) is 4.30. The van der Waals surface area contributed by atoms with Gasteiger partial charge in [0.05, 0.1) is 4.90 Å². The molecule has 0 atom stereocenters. The van der Waals surface area contributed by atoms with Gasteiger partial charge in [-0.2, -0.15) is 0 Å². The summed E-state index contributed by atoms with van der Waals surface area (Å²) in [6, 6.07) is 12.7. The molecule has 0 bridgehead atoms. The molecule has 0 aromatic heterocycles. The highest BCUT2D eigenvalue weighted by atomic mass is 79.9. The molecule has 0 saturated heterocycles. The molecule has 21 heavy (non-hydrogen) atoms. The molecular formula is C14H13BrN2O3S. The number of halogens is 1. The standard InChI is InChI=1S/C14H13BrN2O3S/c15-10-2-1-3-12(8-10)17-14(18)9-21(19,20)13-6-4-11(16)5-7-13/h1-8H,9,16H2,(H,17,18). The monoisotopic (exact) mass is 368 g/mol. The average Bonchev–Trinajstić information content (AvgIpc) is 2.38. The Morgan fingerprint density at radius 2 is 1.81 bits per heavy atom. The minimum atomic E-state index is -3.69. The van der Waals surface area contributed by atoms with E-state index in [1.54, 1.807) is 24.3 Å². The summed E-state index contributed by atoms with van der Waals surface area (Å²) in [6.45, 7) is 0. The molecular weight excluding hydrogens is 356 g/mol. The van der Waals surface area contributed by atoms with Crippen LogP contribution in [0.2, 0.25) is 0 Å². The van der Waals surface area contributed by atoms with Crippen LogP contribution in [0.3, 0.4) is 0 Å². The third-order valence-corrected chi connectivity index (χ3v) is 4.79. The Labute approximate surface area is 131 Å². The van der Waals surface area contributed by atoms with Crippen LogP contribution in [0, 0.1) is 0 Å². The predicted octanol–water partition coefficient (Wildman–Crippen LogP) is 2.44. The first-order valence-electron chi connectivity index (χ1n) is 6.00. The minimum Gasteiger partial charge on any atom is -0.399 e. The maximum atomic E-state index is 12.1. The number of sulfone groups is 1. The SMILES string of the molecule is Nc1ccc(S(=O)(=O)CC(=O)Nc2cccc(Br)c2)cc1. The van der Waals surface area contributed by atoms with Gasteiger partial charge in [-0.25, -0.2) is 8.42 Å². The fraction of sp³-hybridized carbons (Fsp3) is 0.0714. The topological polar surface area (TPSA) is 89.3 Å². The molecule has 2 aromatic rings. The molecule has 0 aliphatic rings. The van der Waals surface area contributed by atoms with Crippen LogP contribution >= 0.6 is 15.9 Å². The number of rotatable bonds is 4. The van der Waals surface area contributed by atoms with E-state index in [9.17, 15) is 13.2 Å². The summed E-state index contributed by atoms with van der Waals surface area (Å²) in [5, 5.41) is 2.55. The lowest BCUT2D eigenvalue weighted by Gasteiger charge is -2.07. The van der Waals surface area contributed by atoms with Crippen molar-refractivity contribution >= 4 is 43.0 Å². The first-order valence-corrected chi connectivity index (χ1v) is 8.45. The van der Waals surface area contributed by atoms with Gasteiger partial charge >= 0.3 is 0 Å². The van der Waals surface area contributed by atoms with E-state index in [0.717, 1.165) is 4.47 Å². The smallest absolute Gasteiger partial charge is 0.239 e. The van der Waals surface area contributed by atoms with Crippen LogP contribution in [0.25, 0.3) is 0 Å². The van der Waals surface area contributed by atoms with Gasteiger partial charge in [0.25, 0.3) is 0 Å². The number of hydrogen-bond donors (Lipinski definition) is 2. The summed E-state index contributed by atoms with van der Waals surface area (Å²) in [5.74, 6) is -1.21. The van der Waals surface area contributed by atoms with Crippen LogP contribution < -0.4 is 11.1 Å². The van der Waals surface area contributed by atoms with Gasteiger partial charge in [0.2, 0.25) is 5.91 Å². The van der Waals surface area contributed by atoms with E-state index in [4.69, 9.17) is 5.73 Å². The number of carbonyl (C=O) groups excluding carboxylic acids is 1. The molecule has 1 amide bonds. The Morgan fingerprint density at radius 1 is 1.14 bits per heavy atom. The lowest BCUT2D eigenvalue weighted by Crippen LogP contribution is -2.23. The summed E-state index contributed by atoms with van der Waals surface area (Å²) in [4.78, 5) is 11.9. The fourth-order valence-electron chi connectivity index (χ4n) is 1.69. The summed E-state index contributed by atoms with van der Waals surface area (Å²) in [7, 11) is -3.69. The molecule has 0 radical (unpaired) electrons. The van der Waals surface area contributed by atoms with E-state index in [1.165, 1.54) is 24.3 Å². The van der Waals surface area contributed by atoms with Gasteiger partial charge in [0.15, 0.2) is 9.84 Å². The van der Waals surface area contributed by atoms with E-state index in [0.29, 0.717) is 11.4 Å². The number of nitrogen functional groups attached to an aromatic ring is 1. The maximum absolute atomic E-state index is 12.1. The third-order valence-electron chi connectivity index (χ3n) is 2.67. The number of amides is 1. The number of anilines is 2. The Kier molecular flexibility index (Phi) is 4.64. The van der Waals surface area contributed by atoms with E-state index in [1.807, 2.05) is 0 Å². The molecule has 2 aromatic carbocycles. The van der Waals surface area contributed by atoms with Gasteiger partial charge in [-0.1, -0.05) is 22.0 Å². The molecule has 0 spiro atoms. The first-order chi connectivity index (χ1) is 9.87. The largest absolute Gasteiger partial charge is 0.399 e. The summed E-state index contributed by atoms with van der Waals surface area (Å²) < 4.78 is 25.0. The predicted molar refractivity (Wildman–Crippen MR) is 85.7 cm³/mol. The Bertz CT molecular complexity index is 758. The van der Waals surface area contributed by atoms with Gasteiger partial charge < -0.3 is 11.1 Å². The van der Waals surface area contributed by atoms with Crippen molar-refractivity contribution in [1.29, 1.82) is 0 Å². The fourth-order valence-corrected chi connectivity index (χ4v) is 3.23. The second kappa shape index (κ2) is 6.28. The molecule has 0 heterocycles. The molecule has 3 N–H and O–H groups in total. The van der Waals surface area contributed by atoms with E-state index in [-0.39, 0.29) is 4.90 Å². The molecule has 0 saturated carbocycles. The molecule has 0 aliphatic heterocycles. The van der Waals surface area contributed by atoms with Crippen molar-refractivity contribution in [1.82, 2.24) is 0 Å².